The quantitative estimate of drug-likeness (QED) is 0.832. The van der Waals surface area contributed by atoms with Crippen LogP contribution in [0.3, 0.4) is 0 Å². The molecule has 2 heterocycles. The monoisotopic (exact) mass is 326 g/mol. The van der Waals surface area contributed by atoms with Gasteiger partial charge in [-0.3, -0.25) is 9.59 Å². The van der Waals surface area contributed by atoms with Crippen LogP contribution in [0, 0.1) is 12.8 Å². The number of thiophene rings is 1. The minimum atomic E-state index is -0.244. The summed E-state index contributed by atoms with van der Waals surface area (Å²) >= 11 is 1.47. The van der Waals surface area contributed by atoms with E-state index in [0.29, 0.717) is 24.4 Å². The van der Waals surface area contributed by atoms with Crippen LogP contribution >= 0.6 is 11.3 Å². The summed E-state index contributed by atoms with van der Waals surface area (Å²) in [6.07, 6.45) is 0.671. The number of carbonyl (C=O) groups excluding carboxylic acids is 2. The van der Waals surface area contributed by atoms with Gasteiger partial charge in [0, 0.05) is 37.6 Å². The minimum absolute atomic E-state index is 0.00192. The molecule has 0 aromatic carbocycles. The predicted octanol–water partition coefficient (Wildman–Crippen LogP) is 0.642. The fourth-order valence-electron chi connectivity index (χ4n) is 2.65. The Kier molecular flexibility index (Phi) is 5.93. The zero-order valence-corrected chi connectivity index (χ0v) is 13.7. The first kappa shape index (κ1) is 16.9. The smallest absolute Gasteiger partial charge is 0.263 e. The number of ether oxygens (including phenoxy) is 1. The van der Waals surface area contributed by atoms with Crippen molar-refractivity contribution in [3.63, 3.8) is 0 Å². The molecular weight excluding hydrogens is 304 g/mol. The molecular formula is C15H22N2O4S. The van der Waals surface area contributed by atoms with Crippen molar-refractivity contribution in [1.29, 1.82) is 0 Å². The van der Waals surface area contributed by atoms with Gasteiger partial charge in [-0.05, 0) is 25.5 Å². The van der Waals surface area contributed by atoms with E-state index < -0.39 is 0 Å². The van der Waals surface area contributed by atoms with E-state index in [0.717, 1.165) is 4.88 Å². The third-order valence-corrected chi connectivity index (χ3v) is 4.84. The molecule has 0 aliphatic carbocycles. The molecule has 0 radical (unpaired) electrons. The van der Waals surface area contributed by atoms with Crippen molar-refractivity contribution in [3.05, 3.63) is 21.9 Å². The van der Waals surface area contributed by atoms with Crippen LogP contribution in [0.4, 0.5) is 0 Å². The summed E-state index contributed by atoms with van der Waals surface area (Å²) in [6.45, 7) is 2.95. The van der Waals surface area contributed by atoms with Crippen molar-refractivity contribution >= 4 is 23.2 Å². The number of methoxy groups -OCH3 is 1. The number of aryl methyl sites for hydroxylation is 1. The van der Waals surface area contributed by atoms with E-state index in [2.05, 4.69) is 5.32 Å². The zero-order valence-electron chi connectivity index (χ0n) is 12.9. The molecule has 0 saturated carbocycles. The topological polar surface area (TPSA) is 78.9 Å². The Bertz CT molecular complexity index is 531. The number of nitrogens with one attached hydrogen (secondary N) is 1. The normalized spacial score (nSPS) is 21.7. The fourth-order valence-corrected chi connectivity index (χ4v) is 3.49. The molecule has 0 spiro atoms. The van der Waals surface area contributed by atoms with Crippen molar-refractivity contribution in [2.45, 2.75) is 19.4 Å². The summed E-state index contributed by atoms with van der Waals surface area (Å²) in [5, 5.41) is 12.3. The van der Waals surface area contributed by atoms with Gasteiger partial charge in [-0.1, -0.05) is 0 Å². The Balaban J connectivity index is 2.03. The van der Waals surface area contributed by atoms with E-state index >= 15 is 0 Å². The van der Waals surface area contributed by atoms with Gasteiger partial charge in [0.15, 0.2) is 0 Å². The predicted molar refractivity (Wildman–Crippen MR) is 84.0 cm³/mol. The van der Waals surface area contributed by atoms with Crippen LogP contribution in [0.15, 0.2) is 12.1 Å². The lowest BCUT2D eigenvalue weighted by molar-refractivity contribution is -0.126. The van der Waals surface area contributed by atoms with Crippen LogP contribution in [-0.4, -0.2) is 61.3 Å². The molecule has 122 valence electrons. The Hall–Kier alpha value is -1.44. The van der Waals surface area contributed by atoms with Gasteiger partial charge in [-0.15, -0.1) is 11.3 Å². The molecule has 1 aromatic rings. The molecule has 0 unspecified atom stereocenters. The van der Waals surface area contributed by atoms with Crippen LogP contribution in [0.25, 0.3) is 0 Å². The average molecular weight is 326 g/mol. The lowest BCUT2D eigenvalue weighted by Crippen LogP contribution is -2.55. The number of amides is 2. The van der Waals surface area contributed by atoms with Gasteiger partial charge in [-0.2, -0.15) is 0 Å². The molecule has 2 N–H and O–H groups in total. The van der Waals surface area contributed by atoms with Crippen molar-refractivity contribution in [2.24, 2.45) is 5.92 Å². The van der Waals surface area contributed by atoms with Crippen LogP contribution in [0.5, 0.6) is 0 Å². The first-order valence-corrected chi connectivity index (χ1v) is 8.11. The van der Waals surface area contributed by atoms with Gasteiger partial charge >= 0.3 is 0 Å². The number of aliphatic hydroxyl groups is 1. The third-order valence-electron chi connectivity index (χ3n) is 3.85. The molecule has 0 bridgehead atoms. The number of hydrogen-bond donors (Lipinski definition) is 2. The molecule has 1 aliphatic rings. The Morgan fingerprint density at radius 3 is 2.86 bits per heavy atom. The molecule has 1 aromatic heterocycles. The number of piperidine rings is 1. The number of nitrogens with zero attached hydrogens (tertiary/aromatic N) is 1. The van der Waals surface area contributed by atoms with Crippen molar-refractivity contribution < 1.29 is 19.4 Å². The lowest BCUT2D eigenvalue weighted by Gasteiger charge is -2.38. The Labute approximate surface area is 134 Å². The lowest BCUT2D eigenvalue weighted by atomic mass is 9.92. The molecule has 2 atom stereocenters. The highest BCUT2D eigenvalue weighted by molar-refractivity contribution is 7.13. The molecule has 7 heteroatoms. The summed E-state index contributed by atoms with van der Waals surface area (Å²) in [7, 11) is 1.46. The summed E-state index contributed by atoms with van der Waals surface area (Å²) in [4.78, 5) is 27.8. The van der Waals surface area contributed by atoms with Crippen molar-refractivity contribution in [1.82, 2.24) is 10.2 Å². The Morgan fingerprint density at radius 2 is 2.27 bits per heavy atom. The molecule has 2 amide bonds. The highest BCUT2D eigenvalue weighted by Gasteiger charge is 2.32. The maximum absolute atomic E-state index is 12.5. The van der Waals surface area contributed by atoms with E-state index in [1.54, 1.807) is 4.90 Å². The molecule has 2 rings (SSSR count). The van der Waals surface area contributed by atoms with Crippen LogP contribution in [-0.2, 0) is 9.53 Å². The van der Waals surface area contributed by atoms with E-state index in [1.807, 2.05) is 19.1 Å². The first-order valence-electron chi connectivity index (χ1n) is 7.30. The van der Waals surface area contributed by atoms with E-state index in [-0.39, 0.29) is 37.0 Å². The second kappa shape index (κ2) is 7.71. The number of rotatable bonds is 5. The SMILES string of the molecule is COCC(=O)N[C@@H]1CN(C(=O)c2ccc(C)s2)CC[C@@H]1CO. The van der Waals surface area contributed by atoms with Gasteiger partial charge in [0.2, 0.25) is 5.91 Å². The molecule has 1 aliphatic heterocycles. The van der Waals surface area contributed by atoms with Crippen LogP contribution in [0.2, 0.25) is 0 Å². The molecule has 6 nitrogen and oxygen atoms in total. The zero-order chi connectivity index (χ0) is 16.1. The summed E-state index contributed by atoms with van der Waals surface area (Å²) < 4.78 is 4.81. The maximum Gasteiger partial charge on any atom is 0.263 e. The second-order valence-corrected chi connectivity index (χ2v) is 6.79. The standard InChI is InChI=1S/C15H22N2O4S/c1-10-3-4-13(22-10)15(20)17-6-5-11(8-18)12(7-17)16-14(19)9-21-2/h3-4,11-12,18H,5-9H2,1-2H3,(H,16,19)/t11-,12-/m1/s1. The van der Waals surface area contributed by atoms with Crippen molar-refractivity contribution in [2.75, 3.05) is 33.4 Å². The third kappa shape index (κ3) is 4.06. The summed E-state index contributed by atoms with van der Waals surface area (Å²) in [6, 6.07) is 3.52. The average Bonchev–Trinajstić information content (AvgIpc) is 2.93. The van der Waals surface area contributed by atoms with Crippen LogP contribution in [0.1, 0.15) is 21.0 Å². The van der Waals surface area contributed by atoms with E-state index in [4.69, 9.17) is 4.74 Å². The highest BCUT2D eigenvalue weighted by atomic mass is 32.1. The van der Waals surface area contributed by atoms with E-state index in [9.17, 15) is 14.7 Å². The largest absolute Gasteiger partial charge is 0.396 e. The van der Waals surface area contributed by atoms with Gasteiger partial charge in [0.05, 0.1) is 10.9 Å². The number of aliphatic hydroxyl groups excluding tert-OH is 1. The van der Waals surface area contributed by atoms with Gasteiger partial charge in [0.25, 0.3) is 5.91 Å². The van der Waals surface area contributed by atoms with Crippen molar-refractivity contribution in [3.8, 4) is 0 Å². The molecule has 1 saturated heterocycles. The first-order chi connectivity index (χ1) is 10.5. The van der Waals surface area contributed by atoms with Gasteiger partial charge in [0.1, 0.15) is 6.61 Å². The summed E-state index contributed by atoms with van der Waals surface area (Å²) in [5.41, 5.74) is 0. The van der Waals surface area contributed by atoms with E-state index in [1.165, 1.54) is 18.4 Å². The number of carbonyl (C=O) groups is 2. The summed E-state index contributed by atoms with van der Waals surface area (Å²) in [5.74, 6) is -0.275. The number of hydrogen-bond acceptors (Lipinski definition) is 5. The molecule has 1 fully saturated rings. The van der Waals surface area contributed by atoms with Gasteiger partial charge < -0.3 is 20.1 Å². The minimum Gasteiger partial charge on any atom is -0.396 e. The molecule has 22 heavy (non-hydrogen) atoms. The Morgan fingerprint density at radius 1 is 1.50 bits per heavy atom. The fraction of sp³-hybridized carbons (Fsp3) is 0.600. The highest BCUT2D eigenvalue weighted by Crippen LogP contribution is 2.22. The number of likely N-dealkylation sites (tertiary alicyclic amines) is 1. The maximum atomic E-state index is 12.5. The van der Waals surface area contributed by atoms with Crippen LogP contribution < -0.4 is 5.32 Å². The second-order valence-electron chi connectivity index (χ2n) is 5.50. The van der Waals surface area contributed by atoms with Gasteiger partial charge in [-0.25, -0.2) is 0 Å².